The molecule has 0 amide bonds. The summed E-state index contributed by atoms with van der Waals surface area (Å²) < 4.78 is 17.1. The molecule has 136 valence electrons. The Morgan fingerprint density at radius 1 is 1.12 bits per heavy atom. The van der Waals surface area contributed by atoms with Gasteiger partial charge >= 0.3 is 0 Å². The van der Waals surface area contributed by atoms with Crippen LogP contribution in [0.15, 0.2) is 42.5 Å². The van der Waals surface area contributed by atoms with E-state index < -0.39 is 0 Å². The van der Waals surface area contributed by atoms with Crippen molar-refractivity contribution in [1.29, 1.82) is 0 Å². The van der Waals surface area contributed by atoms with Gasteiger partial charge in [-0.1, -0.05) is 36.4 Å². The van der Waals surface area contributed by atoms with E-state index in [1.54, 1.807) is 6.07 Å². The van der Waals surface area contributed by atoms with Crippen LogP contribution in [0.1, 0.15) is 35.7 Å². The van der Waals surface area contributed by atoms with Gasteiger partial charge in [0.25, 0.3) is 0 Å². The molecule has 0 saturated heterocycles. The summed E-state index contributed by atoms with van der Waals surface area (Å²) in [6.45, 7) is 6.15. The van der Waals surface area contributed by atoms with E-state index in [2.05, 4.69) is 60.7 Å². The van der Waals surface area contributed by atoms with Crippen LogP contribution in [0.25, 0.3) is 10.9 Å². The number of halogens is 1. The van der Waals surface area contributed by atoms with E-state index >= 15 is 0 Å². The van der Waals surface area contributed by atoms with Gasteiger partial charge in [0.15, 0.2) is 0 Å². The average Bonchev–Trinajstić information content (AvgIpc) is 2.94. The highest BCUT2D eigenvalue weighted by molar-refractivity contribution is 5.89. The number of nitrogens with zero attached hydrogens (tertiary/aromatic N) is 2. The fraction of sp³-hybridized carbons (Fsp3) is 0.391. The molecule has 0 spiro atoms. The molecule has 1 unspecified atom stereocenters. The van der Waals surface area contributed by atoms with Gasteiger partial charge in [0.2, 0.25) is 0 Å². The van der Waals surface area contributed by atoms with Crippen molar-refractivity contribution in [2.45, 2.75) is 52.2 Å². The van der Waals surface area contributed by atoms with Crippen LogP contribution >= 0.6 is 0 Å². The zero-order valence-corrected chi connectivity index (χ0v) is 15.9. The normalized spacial score (nSPS) is 17.6. The Morgan fingerprint density at radius 2 is 1.88 bits per heavy atom. The first-order chi connectivity index (χ1) is 12.6. The van der Waals surface area contributed by atoms with Crippen LogP contribution in [-0.2, 0) is 25.9 Å². The van der Waals surface area contributed by atoms with Crippen molar-refractivity contribution >= 4 is 10.9 Å². The lowest BCUT2D eigenvalue weighted by Gasteiger charge is -2.31. The molecule has 0 saturated carbocycles. The molecule has 1 aliphatic heterocycles. The zero-order valence-electron chi connectivity index (χ0n) is 15.9. The minimum absolute atomic E-state index is 0.0879. The molecule has 2 nitrogen and oxygen atoms in total. The topological polar surface area (TPSA) is 8.17 Å². The molecule has 3 heteroatoms. The van der Waals surface area contributed by atoms with E-state index in [9.17, 15) is 4.39 Å². The Kier molecular flexibility index (Phi) is 4.58. The lowest BCUT2D eigenvalue weighted by atomic mass is 9.98. The van der Waals surface area contributed by atoms with Gasteiger partial charge in [-0.3, -0.25) is 4.90 Å². The van der Waals surface area contributed by atoms with Crippen LogP contribution in [0.2, 0.25) is 0 Å². The molecule has 1 aliphatic rings. The van der Waals surface area contributed by atoms with E-state index in [1.165, 1.54) is 22.4 Å². The standard InChI is InChI=1S/C23H27FN2/c1-16-11-12-20(24)23-22(16)19-15-25(3)17(2)14-21(19)26(23)13-7-10-18-8-5-4-6-9-18/h4-6,8-9,11-12,17H,7,10,13-15H2,1-3H3. The first-order valence-electron chi connectivity index (χ1n) is 9.59. The van der Waals surface area contributed by atoms with Crippen molar-refractivity contribution in [3.8, 4) is 0 Å². The van der Waals surface area contributed by atoms with Gasteiger partial charge < -0.3 is 4.57 Å². The van der Waals surface area contributed by atoms with Crippen molar-refractivity contribution in [3.05, 3.63) is 70.7 Å². The van der Waals surface area contributed by atoms with Crippen molar-refractivity contribution < 1.29 is 4.39 Å². The molecule has 1 atom stereocenters. The summed E-state index contributed by atoms with van der Waals surface area (Å²) in [6.07, 6.45) is 3.04. The number of aryl methyl sites for hydroxylation is 3. The molecule has 1 aromatic heterocycles. The summed E-state index contributed by atoms with van der Waals surface area (Å²) in [5, 5.41) is 1.14. The molecule has 0 fully saturated rings. The van der Waals surface area contributed by atoms with E-state index in [4.69, 9.17) is 0 Å². The summed E-state index contributed by atoms with van der Waals surface area (Å²) in [5.74, 6) is -0.0879. The molecule has 0 bridgehead atoms. The Labute approximate surface area is 155 Å². The second-order valence-electron chi connectivity index (χ2n) is 7.72. The maximum absolute atomic E-state index is 14.8. The first-order valence-corrected chi connectivity index (χ1v) is 9.59. The molecular formula is C23H27FN2. The van der Waals surface area contributed by atoms with Gasteiger partial charge in [0, 0.05) is 36.6 Å². The number of aromatic nitrogens is 1. The lowest BCUT2D eigenvalue weighted by Crippen LogP contribution is -2.35. The highest BCUT2D eigenvalue weighted by Crippen LogP contribution is 2.36. The number of likely N-dealkylation sites (N-methyl/N-ethyl adjacent to an activating group) is 1. The fourth-order valence-electron chi connectivity index (χ4n) is 4.33. The molecule has 0 aliphatic carbocycles. The third kappa shape index (κ3) is 2.95. The highest BCUT2D eigenvalue weighted by atomic mass is 19.1. The quantitative estimate of drug-likeness (QED) is 0.636. The van der Waals surface area contributed by atoms with Gasteiger partial charge in [-0.2, -0.15) is 0 Å². The van der Waals surface area contributed by atoms with E-state index in [1.807, 2.05) is 6.07 Å². The van der Waals surface area contributed by atoms with Crippen LogP contribution in [-0.4, -0.2) is 22.6 Å². The molecule has 2 aromatic carbocycles. The Hall–Kier alpha value is -2.13. The Bertz CT molecular complexity index is 927. The molecule has 2 heterocycles. The van der Waals surface area contributed by atoms with Gasteiger partial charge in [-0.25, -0.2) is 4.39 Å². The van der Waals surface area contributed by atoms with Gasteiger partial charge in [-0.05, 0) is 56.5 Å². The fourth-order valence-corrected chi connectivity index (χ4v) is 4.33. The monoisotopic (exact) mass is 350 g/mol. The first kappa shape index (κ1) is 17.3. The number of hydrogen-bond acceptors (Lipinski definition) is 1. The predicted molar refractivity (Wildman–Crippen MR) is 106 cm³/mol. The Balaban J connectivity index is 1.73. The third-order valence-electron chi connectivity index (χ3n) is 5.92. The van der Waals surface area contributed by atoms with Crippen LogP contribution < -0.4 is 0 Å². The van der Waals surface area contributed by atoms with Crippen molar-refractivity contribution in [3.63, 3.8) is 0 Å². The number of fused-ring (bicyclic) bond motifs is 3. The van der Waals surface area contributed by atoms with Gasteiger partial charge in [0.1, 0.15) is 5.82 Å². The minimum atomic E-state index is -0.0879. The van der Waals surface area contributed by atoms with Crippen LogP contribution in [0, 0.1) is 12.7 Å². The van der Waals surface area contributed by atoms with Crippen LogP contribution in [0.4, 0.5) is 4.39 Å². The van der Waals surface area contributed by atoms with E-state index in [0.29, 0.717) is 6.04 Å². The second-order valence-corrected chi connectivity index (χ2v) is 7.72. The van der Waals surface area contributed by atoms with Crippen molar-refractivity contribution in [2.75, 3.05) is 7.05 Å². The summed E-state index contributed by atoms with van der Waals surface area (Å²) in [4.78, 5) is 2.38. The highest BCUT2D eigenvalue weighted by Gasteiger charge is 2.28. The number of benzene rings is 2. The van der Waals surface area contributed by atoms with Crippen molar-refractivity contribution in [2.24, 2.45) is 0 Å². The smallest absolute Gasteiger partial charge is 0.147 e. The predicted octanol–water partition coefficient (Wildman–Crippen LogP) is 5.10. The van der Waals surface area contributed by atoms with E-state index in [-0.39, 0.29) is 5.82 Å². The second kappa shape index (κ2) is 6.88. The maximum atomic E-state index is 14.8. The summed E-state index contributed by atoms with van der Waals surface area (Å²) in [6, 6.07) is 14.6. The largest absolute Gasteiger partial charge is 0.342 e. The third-order valence-corrected chi connectivity index (χ3v) is 5.92. The van der Waals surface area contributed by atoms with Gasteiger partial charge in [-0.15, -0.1) is 0 Å². The molecule has 4 rings (SSSR count). The molecular weight excluding hydrogens is 323 g/mol. The average molecular weight is 350 g/mol. The number of rotatable bonds is 4. The summed E-state index contributed by atoms with van der Waals surface area (Å²) in [5.41, 5.74) is 6.01. The molecule has 0 radical (unpaired) electrons. The van der Waals surface area contributed by atoms with Crippen LogP contribution in [0.5, 0.6) is 0 Å². The lowest BCUT2D eigenvalue weighted by molar-refractivity contribution is 0.228. The molecule has 26 heavy (non-hydrogen) atoms. The number of hydrogen-bond donors (Lipinski definition) is 0. The van der Waals surface area contributed by atoms with E-state index in [0.717, 1.165) is 43.3 Å². The summed E-state index contributed by atoms with van der Waals surface area (Å²) in [7, 11) is 2.17. The van der Waals surface area contributed by atoms with Crippen molar-refractivity contribution in [1.82, 2.24) is 9.47 Å². The molecule has 0 N–H and O–H groups in total. The minimum Gasteiger partial charge on any atom is -0.342 e. The maximum Gasteiger partial charge on any atom is 0.147 e. The molecule has 3 aromatic rings. The van der Waals surface area contributed by atoms with Gasteiger partial charge in [0.05, 0.1) is 5.52 Å². The Morgan fingerprint density at radius 3 is 2.65 bits per heavy atom. The summed E-state index contributed by atoms with van der Waals surface area (Å²) >= 11 is 0. The SMILES string of the molecule is Cc1ccc(F)c2c1c1c(n2CCCc2ccccc2)CC(C)N(C)C1. The van der Waals surface area contributed by atoms with Crippen LogP contribution in [0.3, 0.4) is 0 Å². The zero-order chi connectivity index (χ0) is 18.3.